The van der Waals surface area contributed by atoms with E-state index in [9.17, 15) is 0 Å². The molecule has 2 rings (SSSR count). The third-order valence-electron chi connectivity index (χ3n) is 2.39. The second-order valence-corrected chi connectivity index (χ2v) is 5.57. The fourth-order valence-electron chi connectivity index (χ4n) is 1.47. The highest BCUT2D eigenvalue weighted by molar-refractivity contribution is 9.10. The predicted octanol–water partition coefficient (Wildman–Crippen LogP) is 2.99. The zero-order chi connectivity index (χ0) is 12.3. The van der Waals surface area contributed by atoms with Gasteiger partial charge in [0.15, 0.2) is 5.16 Å². The largest absolute Gasteiger partial charge is 0.330 e. The van der Waals surface area contributed by atoms with Gasteiger partial charge in [0.1, 0.15) is 0 Å². The molecule has 0 unspecified atom stereocenters. The number of halogens is 1. The Balaban J connectivity index is 2.32. The van der Waals surface area contributed by atoms with Crippen LogP contribution >= 0.6 is 27.7 Å². The molecule has 0 atom stereocenters. The molecule has 3 nitrogen and oxygen atoms in total. The molecule has 90 valence electrons. The van der Waals surface area contributed by atoms with Crippen LogP contribution in [0.5, 0.6) is 0 Å². The van der Waals surface area contributed by atoms with Crippen LogP contribution < -0.4 is 5.73 Å². The van der Waals surface area contributed by atoms with Crippen molar-refractivity contribution in [2.45, 2.75) is 12.1 Å². The van der Waals surface area contributed by atoms with Gasteiger partial charge in [-0.3, -0.25) is 4.57 Å². The molecule has 0 bridgehead atoms. The maximum Gasteiger partial charge on any atom is 0.172 e. The summed E-state index contributed by atoms with van der Waals surface area (Å²) in [5.41, 5.74) is 7.85. The van der Waals surface area contributed by atoms with Crippen LogP contribution in [0.2, 0.25) is 0 Å². The minimum atomic E-state index is 0.662. The van der Waals surface area contributed by atoms with Crippen molar-refractivity contribution in [1.82, 2.24) is 9.55 Å². The van der Waals surface area contributed by atoms with E-state index in [1.54, 1.807) is 11.8 Å². The molecule has 0 aliphatic heterocycles. The first-order valence-electron chi connectivity index (χ1n) is 5.35. The Bertz CT molecular complexity index is 510. The van der Waals surface area contributed by atoms with Crippen molar-refractivity contribution in [3.05, 3.63) is 40.6 Å². The van der Waals surface area contributed by atoms with Crippen molar-refractivity contribution in [2.24, 2.45) is 5.73 Å². The van der Waals surface area contributed by atoms with Gasteiger partial charge in [-0.1, -0.05) is 33.8 Å². The first kappa shape index (κ1) is 12.7. The molecule has 1 heterocycles. The van der Waals surface area contributed by atoms with Gasteiger partial charge in [-0.05, 0) is 24.6 Å². The van der Waals surface area contributed by atoms with Crippen LogP contribution in [0, 0.1) is 6.92 Å². The summed E-state index contributed by atoms with van der Waals surface area (Å²) in [6.45, 7) is 2.74. The second kappa shape index (κ2) is 5.71. The van der Waals surface area contributed by atoms with Gasteiger partial charge in [0.2, 0.25) is 0 Å². The molecular formula is C12H14BrN3S. The van der Waals surface area contributed by atoms with Crippen LogP contribution in [-0.4, -0.2) is 21.8 Å². The molecule has 0 aliphatic rings. The summed E-state index contributed by atoms with van der Waals surface area (Å²) in [5, 5.41) is 0.978. The van der Waals surface area contributed by atoms with Gasteiger partial charge in [-0.25, -0.2) is 4.98 Å². The summed E-state index contributed by atoms with van der Waals surface area (Å²) in [7, 11) is 0. The summed E-state index contributed by atoms with van der Waals surface area (Å²) < 4.78 is 3.18. The summed E-state index contributed by atoms with van der Waals surface area (Å²) in [6.07, 6.45) is 3.78. The van der Waals surface area contributed by atoms with Crippen LogP contribution in [0.25, 0.3) is 5.69 Å². The molecule has 17 heavy (non-hydrogen) atoms. The lowest BCUT2D eigenvalue weighted by molar-refractivity contribution is 0.892. The maximum absolute atomic E-state index is 5.51. The Morgan fingerprint density at radius 2 is 2.29 bits per heavy atom. The van der Waals surface area contributed by atoms with Crippen LogP contribution in [0.3, 0.4) is 0 Å². The first-order chi connectivity index (χ1) is 8.22. The molecule has 0 radical (unpaired) electrons. The minimum Gasteiger partial charge on any atom is -0.330 e. The highest BCUT2D eigenvalue weighted by Gasteiger charge is 2.06. The summed E-state index contributed by atoms with van der Waals surface area (Å²) in [4.78, 5) is 4.34. The Hall–Kier alpha value is -0.780. The molecule has 0 saturated carbocycles. The Kier molecular flexibility index (Phi) is 4.25. The number of hydrogen-bond donors (Lipinski definition) is 1. The van der Waals surface area contributed by atoms with E-state index in [2.05, 4.69) is 50.6 Å². The van der Waals surface area contributed by atoms with E-state index in [1.807, 2.05) is 12.4 Å². The molecule has 0 saturated heterocycles. The molecule has 0 fully saturated rings. The first-order valence-corrected chi connectivity index (χ1v) is 7.13. The predicted molar refractivity (Wildman–Crippen MR) is 75.8 cm³/mol. The lowest BCUT2D eigenvalue weighted by Crippen LogP contribution is -2.03. The average Bonchev–Trinajstić information content (AvgIpc) is 2.78. The fourth-order valence-corrected chi connectivity index (χ4v) is 2.58. The number of hydrogen-bond acceptors (Lipinski definition) is 3. The average molecular weight is 312 g/mol. The lowest BCUT2D eigenvalue weighted by Gasteiger charge is -2.08. The summed E-state index contributed by atoms with van der Waals surface area (Å²) in [5.74, 6) is 0.879. The van der Waals surface area contributed by atoms with E-state index in [0.717, 1.165) is 21.1 Å². The van der Waals surface area contributed by atoms with Gasteiger partial charge < -0.3 is 5.73 Å². The van der Waals surface area contributed by atoms with Crippen molar-refractivity contribution in [2.75, 3.05) is 12.3 Å². The molecule has 0 spiro atoms. The number of thioether (sulfide) groups is 1. The third-order valence-corrected chi connectivity index (χ3v) is 4.24. The third kappa shape index (κ3) is 2.91. The molecular weight excluding hydrogens is 298 g/mol. The molecule has 5 heteroatoms. The number of aryl methyl sites for hydroxylation is 1. The zero-order valence-electron chi connectivity index (χ0n) is 9.56. The van der Waals surface area contributed by atoms with E-state index in [4.69, 9.17) is 5.73 Å². The molecule has 2 N–H and O–H groups in total. The van der Waals surface area contributed by atoms with E-state index < -0.39 is 0 Å². The van der Waals surface area contributed by atoms with Crippen molar-refractivity contribution in [3.8, 4) is 5.69 Å². The van der Waals surface area contributed by atoms with Gasteiger partial charge in [-0.15, -0.1) is 0 Å². The fraction of sp³-hybridized carbons (Fsp3) is 0.250. The van der Waals surface area contributed by atoms with Crippen molar-refractivity contribution in [3.63, 3.8) is 0 Å². The van der Waals surface area contributed by atoms with E-state index >= 15 is 0 Å². The Morgan fingerprint density at radius 1 is 1.47 bits per heavy atom. The van der Waals surface area contributed by atoms with Gasteiger partial charge in [-0.2, -0.15) is 0 Å². The van der Waals surface area contributed by atoms with E-state index in [1.165, 1.54) is 5.56 Å². The Morgan fingerprint density at radius 3 is 3.00 bits per heavy atom. The number of rotatable bonds is 4. The summed E-state index contributed by atoms with van der Waals surface area (Å²) >= 11 is 5.22. The number of nitrogens with zero attached hydrogens (tertiary/aromatic N) is 2. The monoisotopic (exact) mass is 311 g/mol. The van der Waals surface area contributed by atoms with Gasteiger partial charge >= 0.3 is 0 Å². The van der Waals surface area contributed by atoms with Crippen LogP contribution in [-0.2, 0) is 0 Å². The normalized spacial score (nSPS) is 10.8. The summed E-state index contributed by atoms with van der Waals surface area (Å²) in [6, 6.07) is 6.29. The van der Waals surface area contributed by atoms with Crippen molar-refractivity contribution < 1.29 is 0 Å². The maximum atomic E-state index is 5.51. The second-order valence-electron chi connectivity index (χ2n) is 3.65. The zero-order valence-corrected chi connectivity index (χ0v) is 12.0. The molecule has 0 aliphatic carbocycles. The van der Waals surface area contributed by atoms with Gasteiger partial charge in [0.05, 0.1) is 0 Å². The van der Waals surface area contributed by atoms with Crippen LogP contribution in [0.1, 0.15) is 5.56 Å². The highest BCUT2D eigenvalue weighted by Crippen LogP contribution is 2.24. The lowest BCUT2D eigenvalue weighted by atomic mass is 10.2. The Labute approximate surface area is 114 Å². The standard InChI is InChI=1S/C12H14BrN3S/c1-9-2-3-10(8-11(9)13)16-6-5-15-12(16)17-7-4-14/h2-3,5-6,8H,4,7,14H2,1H3. The van der Waals surface area contributed by atoms with Crippen molar-refractivity contribution >= 4 is 27.7 Å². The SMILES string of the molecule is Cc1ccc(-n2ccnc2SCCN)cc1Br. The van der Waals surface area contributed by atoms with Crippen LogP contribution in [0.4, 0.5) is 0 Å². The van der Waals surface area contributed by atoms with Gasteiger partial charge in [0, 0.05) is 34.9 Å². The number of nitrogens with two attached hydrogens (primary N) is 1. The molecule has 1 aromatic carbocycles. The van der Waals surface area contributed by atoms with Crippen LogP contribution in [0.15, 0.2) is 40.2 Å². The topological polar surface area (TPSA) is 43.8 Å². The number of imidazole rings is 1. The number of benzene rings is 1. The smallest absolute Gasteiger partial charge is 0.172 e. The quantitative estimate of drug-likeness (QED) is 0.883. The number of aromatic nitrogens is 2. The van der Waals surface area contributed by atoms with Gasteiger partial charge in [0.25, 0.3) is 0 Å². The molecule has 2 aromatic rings. The van der Waals surface area contributed by atoms with E-state index in [0.29, 0.717) is 6.54 Å². The molecule has 1 aromatic heterocycles. The molecule has 0 amide bonds. The highest BCUT2D eigenvalue weighted by atomic mass is 79.9. The van der Waals surface area contributed by atoms with E-state index in [-0.39, 0.29) is 0 Å². The van der Waals surface area contributed by atoms with Crippen molar-refractivity contribution in [1.29, 1.82) is 0 Å². The minimum absolute atomic E-state index is 0.662.